The molecule has 0 fully saturated rings. The number of halogens is 2. The van der Waals surface area contributed by atoms with Gasteiger partial charge in [-0.25, -0.2) is 4.39 Å². The highest BCUT2D eigenvalue weighted by Crippen LogP contribution is 2.20. The number of hydrogen-bond donors (Lipinski definition) is 0. The molecule has 0 aliphatic rings. The summed E-state index contributed by atoms with van der Waals surface area (Å²) in [5.41, 5.74) is 0. The number of benzene rings is 1. The van der Waals surface area contributed by atoms with Gasteiger partial charge in [-0.3, -0.25) is 0 Å². The first-order valence-corrected chi connectivity index (χ1v) is 6.79. The molecular formula is C12H16ClFS. The molecule has 0 saturated heterocycles. The fourth-order valence-corrected chi connectivity index (χ4v) is 2.44. The molecule has 0 atom stereocenters. The van der Waals surface area contributed by atoms with E-state index in [2.05, 4.69) is 0 Å². The number of alkyl halides is 1. The van der Waals surface area contributed by atoms with Gasteiger partial charge in [0, 0.05) is 10.8 Å². The molecule has 0 unspecified atom stereocenters. The van der Waals surface area contributed by atoms with Gasteiger partial charge in [-0.1, -0.05) is 18.9 Å². The highest BCUT2D eigenvalue weighted by molar-refractivity contribution is 7.99. The fraction of sp³-hybridized carbons (Fsp3) is 0.500. The summed E-state index contributed by atoms with van der Waals surface area (Å²) in [6.45, 7) is 0. The van der Waals surface area contributed by atoms with Gasteiger partial charge in [-0.2, -0.15) is 0 Å². The molecule has 0 saturated carbocycles. The predicted molar refractivity (Wildman–Crippen MR) is 66.3 cm³/mol. The van der Waals surface area contributed by atoms with Crippen molar-refractivity contribution in [2.75, 3.05) is 11.6 Å². The summed E-state index contributed by atoms with van der Waals surface area (Å²) in [5.74, 6) is 1.67. The van der Waals surface area contributed by atoms with Crippen molar-refractivity contribution in [3.8, 4) is 0 Å². The van der Waals surface area contributed by atoms with Gasteiger partial charge >= 0.3 is 0 Å². The largest absolute Gasteiger partial charge is 0.207 e. The van der Waals surface area contributed by atoms with Gasteiger partial charge in [0.25, 0.3) is 0 Å². The van der Waals surface area contributed by atoms with E-state index in [4.69, 9.17) is 11.6 Å². The Labute approximate surface area is 100 Å². The van der Waals surface area contributed by atoms with Crippen molar-refractivity contribution < 1.29 is 4.39 Å². The molecule has 0 spiro atoms. The quantitative estimate of drug-likeness (QED) is 0.381. The smallest absolute Gasteiger partial charge is 0.124 e. The van der Waals surface area contributed by atoms with E-state index in [0.29, 0.717) is 0 Å². The summed E-state index contributed by atoms with van der Waals surface area (Å²) in [5, 5.41) is 0. The molecule has 15 heavy (non-hydrogen) atoms. The molecular weight excluding hydrogens is 231 g/mol. The van der Waals surface area contributed by atoms with E-state index in [-0.39, 0.29) is 5.82 Å². The van der Waals surface area contributed by atoms with Crippen LogP contribution < -0.4 is 0 Å². The maximum absolute atomic E-state index is 12.8. The molecule has 0 radical (unpaired) electrons. The Balaban J connectivity index is 2.10. The second-order valence-corrected chi connectivity index (χ2v) is 4.96. The summed E-state index contributed by atoms with van der Waals surface area (Å²) in [4.78, 5) is 1.02. The zero-order valence-electron chi connectivity index (χ0n) is 8.72. The lowest BCUT2D eigenvalue weighted by molar-refractivity contribution is 0.624. The number of hydrogen-bond acceptors (Lipinski definition) is 1. The lowest BCUT2D eigenvalue weighted by Gasteiger charge is -2.01. The lowest BCUT2D eigenvalue weighted by Crippen LogP contribution is -1.83. The molecule has 0 aromatic heterocycles. The predicted octanol–water partition coefficient (Wildman–Crippen LogP) is 4.72. The van der Waals surface area contributed by atoms with E-state index < -0.39 is 0 Å². The molecule has 0 aliphatic heterocycles. The minimum Gasteiger partial charge on any atom is -0.207 e. The van der Waals surface area contributed by atoms with Gasteiger partial charge in [0.05, 0.1) is 0 Å². The topological polar surface area (TPSA) is 0 Å². The van der Waals surface area contributed by atoms with Crippen molar-refractivity contribution in [1.82, 2.24) is 0 Å². The maximum Gasteiger partial charge on any atom is 0.124 e. The summed E-state index contributed by atoms with van der Waals surface area (Å²) in [7, 11) is 0. The molecule has 0 amide bonds. The van der Waals surface area contributed by atoms with Crippen LogP contribution >= 0.6 is 23.4 Å². The van der Waals surface area contributed by atoms with Gasteiger partial charge in [0.1, 0.15) is 5.82 Å². The normalized spacial score (nSPS) is 10.5. The first-order chi connectivity index (χ1) is 7.33. The van der Waals surface area contributed by atoms with Crippen LogP contribution in [-0.2, 0) is 0 Å². The molecule has 0 heterocycles. The maximum atomic E-state index is 12.8. The van der Waals surface area contributed by atoms with E-state index in [0.717, 1.165) is 22.9 Å². The molecule has 1 rings (SSSR count). The summed E-state index contributed by atoms with van der Waals surface area (Å²) in [6.07, 6.45) is 4.70. The summed E-state index contributed by atoms with van der Waals surface area (Å²) in [6, 6.07) is 6.77. The van der Waals surface area contributed by atoms with Gasteiger partial charge in [-0.05, 0) is 36.8 Å². The number of rotatable bonds is 7. The van der Waals surface area contributed by atoms with E-state index in [9.17, 15) is 4.39 Å². The highest BCUT2D eigenvalue weighted by Gasteiger charge is 1.96. The fourth-order valence-electron chi connectivity index (χ4n) is 1.30. The Hall–Kier alpha value is -0.210. The van der Waals surface area contributed by atoms with Gasteiger partial charge in [0.15, 0.2) is 0 Å². The van der Waals surface area contributed by atoms with Crippen LogP contribution in [0, 0.1) is 5.82 Å². The SMILES string of the molecule is Fc1cccc(SCCCCCCCl)c1. The molecule has 84 valence electrons. The minimum absolute atomic E-state index is 0.151. The second kappa shape index (κ2) is 8.00. The van der Waals surface area contributed by atoms with Crippen LogP contribution in [0.25, 0.3) is 0 Å². The van der Waals surface area contributed by atoms with Gasteiger partial charge < -0.3 is 0 Å². The Bertz CT molecular complexity index is 278. The summed E-state index contributed by atoms with van der Waals surface area (Å²) >= 11 is 7.30. The molecule has 0 nitrogen and oxygen atoms in total. The number of unbranched alkanes of at least 4 members (excludes halogenated alkanes) is 3. The van der Waals surface area contributed by atoms with Crippen LogP contribution in [0.2, 0.25) is 0 Å². The van der Waals surface area contributed by atoms with Crippen LogP contribution in [-0.4, -0.2) is 11.6 Å². The Morgan fingerprint density at radius 2 is 1.93 bits per heavy atom. The van der Waals surface area contributed by atoms with E-state index >= 15 is 0 Å². The van der Waals surface area contributed by atoms with Crippen LogP contribution in [0.5, 0.6) is 0 Å². The minimum atomic E-state index is -0.151. The zero-order chi connectivity index (χ0) is 10.9. The van der Waals surface area contributed by atoms with Crippen LogP contribution in [0.1, 0.15) is 25.7 Å². The molecule has 0 bridgehead atoms. The molecule has 3 heteroatoms. The van der Waals surface area contributed by atoms with E-state index in [1.54, 1.807) is 23.9 Å². The average molecular weight is 247 g/mol. The third-order valence-corrected chi connectivity index (χ3v) is 3.44. The van der Waals surface area contributed by atoms with E-state index in [1.165, 1.54) is 25.3 Å². The van der Waals surface area contributed by atoms with Crippen LogP contribution in [0.3, 0.4) is 0 Å². The molecule has 0 N–H and O–H groups in total. The molecule has 1 aromatic rings. The van der Waals surface area contributed by atoms with Crippen molar-refractivity contribution in [3.05, 3.63) is 30.1 Å². The lowest BCUT2D eigenvalue weighted by atomic mass is 10.2. The van der Waals surface area contributed by atoms with E-state index in [1.807, 2.05) is 6.07 Å². The van der Waals surface area contributed by atoms with Gasteiger partial charge in [0.2, 0.25) is 0 Å². The zero-order valence-corrected chi connectivity index (χ0v) is 10.3. The van der Waals surface area contributed by atoms with Crippen molar-refractivity contribution in [2.24, 2.45) is 0 Å². The standard InChI is InChI=1S/C12H16ClFS/c13-8-3-1-2-4-9-15-12-7-5-6-11(14)10-12/h5-7,10H,1-4,8-9H2. The van der Waals surface area contributed by atoms with Crippen LogP contribution in [0.15, 0.2) is 29.2 Å². The first-order valence-electron chi connectivity index (χ1n) is 5.27. The third kappa shape index (κ3) is 6.06. The molecule has 0 aliphatic carbocycles. The van der Waals surface area contributed by atoms with Gasteiger partial charge in [-0.15, -0.1) is 23.4 Å². The Morgan fingerprint density at radius 3 is 2.67 bits per heavy atom. The Morgan fingerprint density at radius 1 is 1.13 bits per heavy atom. The second-order valence-electron chi connectivity index (χ2n) is 3.41. The molecule has 1 aromatic carbocycles. The Kier molecular flexibility index (Phi) is 6.86. The van der Waals surface area contributed by atoms with Crippen molar-refractivity contribution in [3.63, 3.8) is 0 Å². The van der Waals surface area contributed by atoms with Crippen molar-refractivity contribution in [1.29, 1.82) is 0 Å². The van der Waals surface area contributed by atoms with Crippen molar-refractivity contribution in [2.45, 2.75) is 30.6 Å². The highest BCUT2D eigenvalue weighted by atomic mass is 35.5. The third-order valence-electron chi connectivity index (χ3n) is 2.09. The summed E-state index contributed by atoms with van der Waals surface area (Å²) < 4.78 is 12.8. The van der Waals surface area contributed by atoms with Crippen molar-refractivity contribution >= 4 is 23.4 Å². The average Bonchev–Trinajstić information content (AvgIpc) is 2.23. The first kappa shape index (κ1) is 12.9. The number of thioether (sulfide) groups is 1. The monoisotopic (exact) mass is 246 g/mol. The van der Waals surface area contributed by atoms with Crippen LogP contribution in [0.4, 0.5) is 4.39 Å².